The highest BCUT2D eigenvalue weighted by atomic mass is 32.1. The molecule has 0 amide bonds. The Bertz CT molecular complexity index is 82.6. The van der Waals surface area contributed by atoms with E-state index in [1.807, 2.05) is 7.05 Å². The van der Waals surface area contributed by atoms with E-state index in [4.69, 9.17) is 0 Å². The number of thiol groups is 1. The van der Waals surface area contributed by atoms with Crippen molar-refractivity contribution in [1.29, 1.82) is 0 Å². The third kappa shape index (κ3) is 1.17. The minimum Gasteiger partial charge on any atom is -0.317 e. The van der Waals surface area contributed by atoms with E-state index in [2.05, 4.69) is 24.9 Å². The van der Waals surface area contributed by atoms with Crippen LogP contribution in [0.1, 0.15) is 13.3 Å². The first kappa shape index (κ1) is 6.43. The molecule has 0 heterocycles. The summed E-state index contributed by atoms with van der Waals surface area (Å²) in [6.07, 6.45) is 1.30. The van der Waals surface area contributed by atoms with Crippen LogP contribution in [0.25, 0.3) is 0 Å². The van der Waals surface area contributed by atoms with Crippen LogP contribution in [0.4, 0.5) is 0 Å². The fourth-order valence-corrected chi connectivity index (χ4v) is 1.45. The smallest absolute Gasteiger partial charge is 0.00748 e. The normalized spacial score (nSPS) is 39.4. The van der Waals surface area contributed by atoms with Gasteiger partial charge in [-0.15, -0.1) is 0 Å². The molecule has 0 radical (unpaired) electrons. The van der Waals surface area contributed by atoms with Crippen LogP contribution in [-0.2, 0) is 0 Å². The van der Waals surface area contributed by atoms with Crippen LogP contribution in [0.3, 0.4) is 0 Å². The summed E-state index contributed by atoms with van der Waals surface area (Å²) in [5.74, 6) is 0.836. The van der Waals surface area contributed by atoms with Crippen LogP contribution in [0, 0.1) is 5.92 Å². The Labute approximate surface area is 56.3 Å². The summed E-state index contributed by atoms with van der Waals surface area (Å²) in [5, 5.41) is 3.89. The quantitative estimate of drug-likeness (QED) is 0.531. The van der Waals surface area contributed by atoms with Crippen LogP contribution >= 0.6 is 12.6 Å². The Hall–Kier alpha value is 0.310. The van der Waals surface area contributed by atoms with Crippen molar-refractivity contribution in [2.24, 2.45) is 5.92 Å². The van der Waals surface area contributed by atoms with Crippen molar-refractivity contribution in [3.63, 3.8) is 0 Å². The standard InChI is InChI=1S/C6H13NS/c1-4(7-2)5-3-6(5)8/h4-8H,3H2,1-2H3. The average Bonchev–Trinajstić information content (AvgIpc) is 2.45. The van der Waals surface area contributed by atoms with E-state index in [1.54, 1.807) is 0 Å². The summed E-state index contributed by atoms with van der Waals surface area (Å²) in [5.41, 5.74) is 0. The molecule has 1 aliphatic carbocycles. The molecule has 3 unspecified atom stereocenters. The molecule has 1 fully saturated rings. The maximum Gasteiger partial charge on any atom is 0.00748 e. The molecular weight excluding hydrogens is 118 g/mol. The van der Waals surface area contributed by atoms with Crippen molar-refractivity contribution in [2.45, 2.75) is 24.6 Å². The second-order valence-electron chi connectivity index (χ2n) is 2.54. The molecule has 0 aromatic heterocycles. The molecule has 0 aromatic rings. The molecule has 0 aromatic carbocycles. The van der Waals surface area contributed by atoms with Crippen LogP contribution in [0.5, 0.6) is 0 Å². The predicted molar refractivity (Wildman–Crippen MR) is 39.4 cm³/mol. The van der Waals surface area contributed by atoms with Gasteiger partial charge in [-0.2, -0.15) is 12.6 Å². The third-order valence-electron chi connectivity index (χ3n) is 1.90. The summed E-state index contributed by atoms with van der Waals surface area (Å²) in [6, 6.07) is 0.664. The molecule has 48 valence electrons. The van der Waals surface area contributed by atoms with E-state index < -0.39 is 0 Å². The Morgan fingerprint density at radius 2 is 2.25 bits per heavy atom. The van der Waals surface area contributed by atoms with Crippen molar-refractivity contribution >= 4 is 12.6 Å². The van der Waals surface area contributed by atoms with Gasteiger partial charge in [-0.3, -0.25) is 0 Å². The highest BCUT2D eigenvalue weighted by Gasteiger charge is 2.37. The summed E-state index contributed by atoms with van der Waals surface area (Å²) in [7, 11) is 2.00. The second-order valence-corrected chi connectivity index (χ2v) is 3.21. The van der Waals surface area contributed by atoms with Crippen LogP contribution < -0.4 is 5.32 Å². The van der Waals surface area contributed by atoms with Gasteiger partial charge in [0.1, 0.15) is 0 Å². The first-order chi connectivity index (χ1) is 3.75. The predicted octanol–water partition coefficient (Wildman–Crippen LogP) is 0.913. The van der Waals surface area contributed by atoms with Crippen molar-refractivity contribution in [3.8, 4) is 0 Å². The molecule has 1 N–H and O–H groups in total. The first-order valence-electron chi connectivity index (χ1n) is 3.11. The SMILES string of the molecule is CNC(C)C1CC1S. The Balaban J connectivity index is 2.18. The van der Waals surface area contributed by atoms with Crippen molar-refractivity contribution in [3.05, 3.63) is 0 Å². The minimum absolute atomic E-state index is 0.664. The van der Waals surface area contributed by atoms with Gasteiger partial charge in [0.05, 0.1) is 0 Å². The lowest BCUT2D eigenvalue weighted by Gasteiger charge is -2.06. The molecular formula is C6H13NS. The van der Waals surface area contributed by atoms with Gasteiger partial charge >= 0.3 is 0 Å². The van der Waals surface area contributed by atoms with E-state index in [0.29, 0.717) is 11.3 Å². The van der Waals surface area contributed by atoms with E-state index in [-0.39, 0.29) is 0 Å². The first-order valence-corrected chi connectivity index (χ1v) is 3.62. The molecule has 1 aliphatic rings. The number of rotatable bonds is 2. The zero-order valence-corrected chi connectivity index (χ0v) is 6.28. The minimum atomic E-state index is 0.664. The van der Waals surface area contributed by atoms with E-state index in [9.17, 15) is 0 Å². The van der Waals surface area contributed by atoms with E-state index in [1.165, 1.54) is 6.42 Å². The molecule has 1 rings (SSSR count). The summed E-state index contributed by atoms with van der Waals surface area (Å²) < 4.78 is 0. The molecule has 0 bridgehead atoms. The largest absolute Gasteiger partial charge is 0.317 e. The number of hydrogen-bond acceptors (Lipinski definition) is 2. The molecule has 3 atom stereocenters. The second kappa shape index (κ2) is 2.28. The maximum absolute atomic E-state index is 4.33. The number of hydrogen-bond donors (Lipinski definition) is 2. The molecule has 0 spiro atoms. The summed E-state index contributed by atoms with van der Waals surface area (Å²) >= 11 is 4.33. The Morgan fingerprint density at radius 3 is 2.38 bits per heavy atom. The van der Waals surface area contributed by atoms with Crippen molar-refractivity contribution < 1.29 is 0 Å². The van der Waals surface area contributed by atoms with Gasteiger partial charge in [0.2, 0.25) is 0 Å². The van der Waals surface area contributed by atoms with Gasteiger partial charge in [-0.1, -0.05) is 0 Å². The lowest BCUT2D eigenvalue weighted by Crippen LogP contribution is -2.24. The fourth-order valence-electron chi connectivity index (χ4n) is 0.952. The molecule has 8 heavy (non-hydrogen) atoms. The van der Waals surface area contributed by atoms with Crippen LogP contribution in [0.15, 0.2) is 0 Å². The van der Waals surface area contributed by atoms with Gasteiger partial charge in [-0.05, 0) is 26.3 Å². The lowest BCUT2D eigenvalue weighted by atomic mass is 10.2. The highest BCUT2D eigenvalue weighted by molar-refractivity contribution is 7.81. The highest BCUT2D eigenvalue weighted by Crippen LogP contribution is 2.38. The van der Waals surface area contributed by atoms with Crippen LogP contribution in [0.2, 0.25) is 0 Å². The number of nitrogens with one attached hydrogen (secondary N) is 1. The van der Waals surface area contributed by atoms with Crippen molar-refractivity contribution in [1.82, 2.24) is 5.32 Å². The van der Waals surface area contributed by atoms with Crippen molar-refractivity contribution in [2.75, 3.05) is 7.05 Å². The van der Waals surface area contributed by atoms with Gasteiger partial charge in [0.15, 0.2) is 0 Å². The Kier molecular flexibility index (Phi) is 1.83. The molecule has 0 saturated heterocycles. The molecule has 1 saturated carbocycles. The van der Waals surface area contributed by atoms with E-state index >= 15 is 0 Å². The Morgan fingerprint density at radius 1 is 1.75 bits per heavy atom. The van der Waals surface area contributed by atoms with Gasteiger partial charge in [0.25, 0.3) is 0 Å². The topological polar surface area (TPSA) is 12.0 Å². The average molecular weight is 131 g/mol. The molecule has 2 heteroatoms. The zero-order chi connectivity index (χ0) is 6.15. The third-order valence-corrected chi connectivity index (χ3v) is 2.50. The zero-order valence-electron chi connectivity index (χ0n) is 5.39. The van der Waals surface area contributed by atoms with Gasteiger partial charge in [0, 0.05) is 11.3 Å². The molecule has 0 aliphatic heterocycles. The van der Waals surface area contributed by atoms with Gasteiger partial charge < -0.3 is 5.32 Å². The maximum atomic E-state index is 4.33. The van der Waals surface area contributed by atoms with E-state index in [0.717, 1.165) is 5.92 Å². The summed E-state index contributed by atoms with van der Waals surface area (Å²) in [6.45, 7) is 2.21. The lowest BCUT2D eigenvalue weighted by molar-refractivity contribution is 0.548. The summed E-state index contributed by atoms with van der Waals surface area (Å²) in [4.78, 5) is 0. The monoisotopic (exact) mass is 131 g/mol. The molecule has 1 nitrogen and oxygen atoms in total. The van der Waals surface area contributed by atoms with Crippen LogP contribution in [-0.4, -0.2) is 18.3 Å². The fraction of sp³-hybridized carbons (Fsp3) is 1.00. The van der Waals surface area contributed by atoms with Gasteiger partial charge in [-0.25, -0.2) is 0 Å².